The maximum absolute atomic E-state index is 11.7. The Bertz CT molecular complexity index is 582. The first-order valence-corrected chi connectivity index (χ1v) is 8.02. The van der Waals surface area contributed by atoms with Crippen LogP contribution < -0.4 is 5.32 Å². The molecule has 2 rings (SSSR count). The monoisotopic (exact) mass is 353 g/mol. The Morgan fingerprint density at radius 1 is 1.45 bits per heavy atom. The molecule has 1 aromatic carbocycles. The molecule has 0 saturated carbocycles. The van der Waals surface area contributed by atoms with E-state index >= 15 is 0 Å². The fraction of sp³-hybridized carbons (Fsp3) is 0.286. The van der Waals surface area contributed by atoms with Crippen molar-refractivity contribution in [2.24, 2.45) is 0 Å². The summed E-state index contributed by atoms with van der Waals surface area (Å²) in [6.45, 7) is 4.43. The van der Waals surface area contributed by atoms with Crippen LogP contribution in [0.2, 0.25) is 0 Å². The number of H-pyrrole nitrogens is 1. The molecule has 0 aliphatic heterocycles. The molecule has 0 saturated heterocycles. The van der Waals surface area contributed by atoms with E-state index in [0.29, 0.717) is 6.54 Å². The number of thioether (sulfide) groups is 1. The van der Waals surface area contributed by atoms with Crippen LogP contribution >= 0.6 is 27.7 Å². The smallest absolute Gasteiger partial charge is 0.233 e. The van der Waals surface area contributed by atoms with Gasteiger partial charge in [0.1, 0.15) is 0 Å². The lowest BCUT2D eigenvalue weighted by atomic mass is 10.2. The summed E-state index contributed by atoms with van der Waals surface area (Å²) in [4.78, 5) is 19.2. The third-order valence-electron chi connectivity index (χ3n) is 2.72. The first-order valence-electron chi connectivity index (χ1n) is 6.35. The fourth-order valence-electron chi connectivity index (χ4n) is 1.68. The van der Waals surface area contributed by atoms with Gasteiger partial charge >= 0.3 is 0 Å². The molecule has 6 heteroatoms. The lowest BCUT2D eigenvalue weighted by Gasteiger charge is -2.08. The Labute approximate surface area is 130 Å². The van der Waals surface area contributed by atoms with Crippen molar-refractivity contribution in [1.82, 2.24) is 15.3 Å². The Morgan fingerprint density at radius 2 is 2.15 bits per heavy atom. The Balaban J connectivity index is 2.05. The number of aromatic nitrogens is 2. The average molecular weight is 354 g/mol. The topological polar surface area (TPSA) is 57.8 Å². The van der Waals surface area contributed by atoms with E-state index in [4.69, 9.17) is 0 Å². The van der Waals surface area contributed by atoms with Gasteiger partial charge in [-0.1, -0.05) is 39.8 Å². The van der Waals surface area contributed by atoms with Gasteiger partial charge in [0.05, 0.1) is 17.1 Å². The van der Waals surface area contributed by atoms with Gasteiger partial charge in [-0.25, -0.2) is 4.98 Å². The zero-order valence-electron chi connectivity index (χ0n) is 11.3. The zero-order chi connectivity index (χ0) is 14.5. The largest absolute Gasteiger partial charge is 0.355 e. The summed E-state index contributed by atoms with van der Waals surface area (Å²) in [6, 6.07) is 8.00. The maximum atomic E-state index is 11.7. The molecule has 0 bridgehead atoms. The van der Waals surface area contributed by atoms with Crippen molar-refractivity contribution < 1.29 is 4.79 Å². The van der Waals surface area contributed by atoms with Crippen molar-refractivity contribution in [2.45, 2.75) is 24.3 Å². The molecule has 0 aliphatic carbocycles. The summed E-state index contributed by atoms with van der Waals surface area (Å²) < 4.78 is 1.04. The second-order valence-corrected chi connectivity index (χ2v) is 6.51. The van der Waals surface area contributed by atoms with Crippen LogP contribution in [0.15, 0.2) is 40.1 Å². The number of nitrogens with one attached hydrogen (secondary N) is 2. The fourth-order valence-corrected chi connectivity index (χ4v) is 2.75. The summed E-state index contributed by atoms with van der Waals surface area (Å²) in [5.74, 6) is 0.0269. The van der Waals surface area contributed by atoms with Gasteiger partial charge in [0.25, 0.3) is 0 Å². The van der Waals surface area contributed by atoms with Crippen LogP contribution in [0.5, 0.6) is 0 Å². The number of amides is 1. The molecule has 0 spiro atoms. The predicted molar refractivity (Wildman–Crippen MR) is 85.7 cm³/mol. The van der Waals surface area contributed by atoms with E-state index < -0.39 is 0 Å². The van der Waals surface area contributed by atoms with Crippen LogP contribution in [0.3, 0.4) is 0 Å². The minimum atomic E-state index is -0.168. The number of hydrogen-bond donors (Lipinski definition) is 2. The third kappa shape index (κ3) is 3.86. The van der Waals surface area contributed by atoms with E-state index in [1.165, 1.54) is 11.8 Å². The van der Waals surface area contributed by atoms with Crippen LogP contribution in [-0.2, 0) is 4.79 Å². The Morgan fingerprint density at radius 3 is 2.80 bits per heavy atom. The highest BCUT2D eigenvalue weighted by Gasteiger charge is 2.15. The minimum absolute atomic E-state index is 0.0269. The van der Waals surface area contributed by atoms with Gasteiger partial charge in [0.2, 0.25) is 5.91 Å². The molecule has 1 aromatic heterocycles. The molecule has 2 aromatic rings. The quantitative estimate of drug-likeness (QED) is 0.809. The standard InChI is InChI=1S/C14H16BrN3OS/c1-3-16-13(19)9(2)20-14-17-8-12(18-14)10-4-6-11(15)7-5-10/h4-9H,3H2,1-2H3,(H,16,19)(H,17,18)/t9-/m1/s1. The molecular weight excluding hydrogens is 338 g/mol. The number of aromatic amines is 1. The first-order chi connectivity index (χ1) is 9.60. The third-order valence-corrected chi connectivity index (χ3v) is 4.24. The van der Waals surface area contributed by atoms with Gasteiger partial charge in [-0.3, -0.25) is 4.79 Å². The van der Waals surface area contributed by atoms with E-state index in [0.717, 1.165) is 20.9 Å². The molecule has 20 heavy (non-hydrogen) atoms. The SMILES string of the molecule is CCNC(=O)[C@@H](C)Sc1ncc(-c2ccc(Br)cc2)[nH]1. The Hall–Kier alpha value is -1.27. The predicted octanol–water partition coefficient (Wildman–Crippen LogP) is 3.46. The second kappa shape index (κ2) is 6.95. The number of nitrogens with zero attached hydrogens (tertiary/aromatic N) is 1. The van der Waals surface area contributed by atoms with Crippen LogP contribution in [-0.4, -0.2) is 27.7 Å². The molecule has 106 valence electrons. The first kappa shape index (κ1) is 15.1. The van der Waals surface area contributed by atoms with E-state index in [1.807, 2.05) is 38.1 Å². The van der Waals surface area contributed by atoms with Gasteiger partial charge in [0, 0.05) is 11.0 Å². The highest BCUT2D eigenvalue weighted by Crippen LogP contribution is 2.25. The molecule has 2 N–H and O–H groups in total. The number of rotatable bonds is 5. The van der Waals surface area contributed by atoms with Gasteiger partial charge in [0.15, 0.2) is 5.16 Å². The summed E-state index contributed by atoms with van der Waals surface area (Å²) in [6.07, 6.45) is 1.79. The highest BCUT2D eigenvalue weighted by molar-refractivity contribution is 9.10. The molecule has 0 radical (unpaired) electrons. The zero-order valence-corrected chi connectivity index (χ0v) is 13.7. The van der Waals surface area contributed by atoms with Crippen molar-refractivity contribution in [3.8, 4) is 11.3 Å². The van der Waals surface area contributed by atoms with Crippen LogP contribution in [0, 0.1) is 0 Å². The lowest BCUT2D eigenvalue weighted by Crippen LogP contribution is -2.30. The second-order valence-electron chi connectivity index (χ2n) is 4.26. The molecule has 4 nitrogen and oxygen atoms in total. The lowest BCUT2D eigenvalue weighted by molar-refractivity contribution is -0.120. The van der Waals surface area contributed by atoms with Crippen molar-refractivity contribution >= 4 is 33.6 Å². The number of carbonyl (C=O) groups is 1. The number of hydrogen-bond acceptors (Lipinski definition) is 3. The maximum Gasteiger partial charge on any atom is 0.233 e. The van der Waals surface area contributed by atoms with Crippen molar-refractivity contribution in [2.75, 3.05) is 6.54 Å². The minimum Gasteiger partial charge on any atom is -0.355 e. The van der Waals surface area contributed by atoms with Crippen molar-refractivity contribution in [1.29, 1.82) is 0 Å². The molecule has 1 heterocycles. The number of halogens is 1. The van der Waals surface area contributed by atoms with E-state index in [-0.39, 0.29) is 11.2 Å². The number of benzene rings is 1. The van der Waals surface area contributed by atoms with Crippen molar-refractivity contribution in [3.05, 3.63) is 34.9 Å². The molecule has 0 fully saturated rings. The summed E-state index contributed by atoms with van der Waals surface area (Å²) >= 11 is 4.83. The van der Waals surface area contributed by atoms with Crippen LogP contribution in [0.25, 0.3) is 11.3 Å². The molecular formula is C14H16BrN3OS. The van der Waals surface area contributed by atoms with E-state index in [9.17, 15) is 4.79 Å². The molecule has 1 amide bonds. The number of carbonyl (C=O) groups excluding carboxylic acids is 1. The van der Waals surface area contributed by atoms with E-state index in [1.54, 1.807) is 6.20 Å². The van der Waals surface area contributed by atoms with Crippen LogP contribution in [0.1, 0.15) is 13.8 Å². The van der Waals surface area contributed by atoms with Gasteiger partial charge in [-0.2, -0.15) is 0 Å². The van der Waals surface area contributed by atoms with Crippen molar-refractivity contribution in [3.63, 3.8) is 0 Å². The van der Waals surface area contributed by atoms with Crippen LogP contribution in [0.4, 0.5) is 0 Å². The summed E-state index contributed by atoms with van der Waals surface area (Å²) in [5, 5.41) is 3.39. The average Bonchev–Trinajstić information content (AvgIpc) is 2.88. The molecule has 1 atom stereocenters. The molecule has 0 aliphatic rings. The summed E-state index contributed by atoms with van der Waals surface area (Å²) in [5.41, 5.74) is 2.02. The summed E-state index contributed by atoms with van der Waals surface area (Å²) in [7, 11) is 0. The molecule has 0 unspecified atom stereocenters. The van der Waals surface area contributed by atoms with E-state index in [2.05, 4.69) is 31.2 Å². The van der Waals surface area contributed by atoms with Gasteiger partial charge < -0.3 is 10.3 Å². The van der Waals surface area contributed by atoms with Gasteiger partial charge in [-0.15, -0.1) is 0 Å². The Kier molecular flexibility index (Phi) is 5.25. The van der Waals surface area contributed by atoms with Gasteiger partial charge in [-0.05, 0) is 31.5 Å². The number of imidazole rings is 1. The highest BCUT2D eigenvalue weighted by atomic mass is 79.9. The normalized spacial score (nSPS) is 12.2.